The minimum atomic E-state index is -0.186. The number of amidine groups is 1. The predicted octanol–water partition coefficient (Wildman–Crippen LogP) is -0.384. The molecule has 0 bridgehead atoms. The zero-order valence-corrected chi connectivity index (χ0v) is 8.73. The van der Waals surface area contributed by atoms with Gasteiger partial charge in [-0.2, -0.15) is 0 Å². The van der Waals surface area contributed by atoms with Gasteiger partial charge in [-0.1, -0.05) is 5.16 Å². The molecule has 0 unspecified atom stereocenters. The van der Waals surface area contributed by atoms with Crippen LogP contribution < -0.4 is 5.73 Å². The lowest BCUT2D eigenvalue weighted by Gasteiger charge is -2.25. The van der Waals surface area contributed by atoms with Crippen molar-refractivity contribution in [1.82, 2.24) is 4.90 Å². The first-order valence-corrected chi connectivity index (χ1v) is 4.27. The lowest BCUT2D eigenvalue weighted by molar-refractivity contribution is -0.136. The quantitative estimate of drug-likeness (QED) is 0.276. The van der Waals surface area contributed by atoms with E-state index < -0.39 is 0 Å². The predicted molar refractivity (Wildman–Crippen MR) is 52.1 cm³/mol. The van der Waals surface area contributed by atoms with Crippen LogP contribution in [0, 0.1) is 0 Å². The Labute approximate surface area is 83.3 Å². The third-order valence-corrected chi connectivity index (χ3v) is 1.67. The summed E-state index contributed by atoms with van der Waals surface area (Å²) >= 11 is 0. The van der Waals surface area contributed by atoms with E-state index in [0.29, 0.717) is 0 Å². The van der Waals surface area contributed by atoms with E-state index in [2.05, 4.69) is 5.16 Å². The molecule has 0 heterocycles. The number of carbonyl (C=O) groups excluding carboxylic acids is 1. The number of nitrogens with zero attached hydrogens (tertiary/aromatic N) is 2. The van der Waals surface area contributed by atoms with Crippen LogP contribution >= 0.6 is 0 Å². The maximum atomic E-state index is 11.4. The van der Waals surface area contributed by atoms with E-state index >= 15 is 0 Å². The van der Waals surface area contributed by atoms with Crippen LogP contribution in [0.1, 0.15) is 13.8 Å². The molecule has 0 saturated carbocycles. The van der Waals surface area contributed by atoms with Crippen LogP contribution in [0.2, 0.25) is 0 Å². The lowest BCUT2D eigenvalue weighted by Crippen LogP contribution is -2.44. The highest BCUT2D eigenvalue weighted by atomic mass is 16.5. The molecule has 0 saturated heterocycles. The number of methoxy groups -OCH3 is 1. The number of carbonyl (C=O) groups is 1. The van der Waals surface area contributed by atoms with Crippen LogP contribution in [-0.4, -0.2) is 48.2 Å². The van der Waals surface area contributed by atoms with E-state index in [-0.39, 0.29) is 30.9 Å². The monoisotopic (exact) mass is 203 g/mol. The first-order chi connectivity index (χ1) is 6.52. The largest absolute Gasteiger partial charge is 0.409 e. The summed E-state index contributed by atoms with van der Waals surface area (Å²) in [4.78, 5) is 12.9. The molecule has 0 aliphatic rings. The number of amides is 1. The van der Waals surface area contributed by atoms with Crippen LogP contribution in [0.5, 0.6) is 0 Å². The van der Waals surface area contributed by atoms with E-state index in [1.165, 1.54) is 12.0 Å². The molecule has 0 radical (unpaired) electrons. The van der Waals surface area contributed by atoms with Gasteiger partial charge in [0.1, 0.15) is 6.61 Å². The Morgan fingerprint density at radius 1 is 1.64 bits per heavy atom. The number of ether oxygens (including phenoxy) is 1. The highest BCUT2D eigenvalue weighted by Crippen LogP contribution is 1.98. The molecular weight excluding hydrogens is 186 g/mol. The van der Waals surface area contributed by atoms with Crippen molar-refractivity contribution in [3.8, 4) is 0 Å². The summed E-state index contributed by atoms with van der Waals surface area (Å²) in [6, 6.07) is -0.0158. The van der Waals surface area contributed by atoms with E-state index in [0.717, 1.165) is 0 Å². The Morgan fingerprint density at radius 2 is 2.21 bits per heavy atom. The molecule has 0 aromatic carbocycles. The Bertz CT molecular complexity index is 216. The average Bonchev–Trinajstić information content (AvgIpc) is 2.13. The summed E-state index contributed by atoms with van der Waals surface area (Å²) in [7, 11) is 1.44. The second kappa shape index (κ2) is 6.20. The molecule has 14 heavy (non-hydrogen) atoms. The van der Waals surface area contributed by atoms with E-state index in [1.54, 1.807) is 0 Å². The van der Waals surface area contributed by atoms with Crippen LogP contribution in [-0.2, 0) is 9.53 Å². The fraction of sp³-hybridized carbons (Fsp3) is 0.750. The smallest absolute Gasteiger partial charge is 0.249 e. The molecule has 0 rings (SSSR count). The summed E-state index contributed by atoms with van der Waals surface area (Å²) in [5.41, 5.74) is 5.31. The van der Waals surface area contributed by atoms with Crippen LogP contribution in [0.25, 0.3) is 0 Å². The Hall–Kier alpha value is -1.30. The normalized spacial score (nSPS) is 11.9. The molecular formula is C8H17N3O3. The third-order valence-electron chi connectivity index (χ3n) is 1.67. The molecule has 0 aliphatic heterocycles. The summed E-state index contributed by atoms with van der Waals surface area (Å²) < 4.78 is 4.72. The van der Waals surface area contributed by atoms with Gasteiger partial charge in [0.15, 0.2) is 5.84 Å². The first kappa shape index (κ1) is 12.7. The van der Waals surface area contributed by atoms with Crippen LogP contribution in [0.3, 0.4) is 0 Å². The van der Waals surface area contributed by atoms with E-state index in [1.807, 2.05) is 13.8 Å². The minimum Gasteiger partial charge on any atom is -0.409 e. The second-order valence-corrected chi connectivity index (χ2v) is 3.14. The number of oxime groups is 1. The van der Waals surface area contributed by atoms with Crippen molar-refractivity contribution in [2.24, 2.45) is 10.9 Å². The van der Waals surface area contributed by atoms with Crippen molar-refractivity contribution in [3.63, 3.8) is 0 Å². The van der Waals surface area contributed by atoms with Crippen molar-refractivity contribution < 1.29 is 14.7 Å². The van der Waals surface area contributed by atoms with Gasteiger partial charge in [-0.3, -0.25) is 4.79 Å². The average molecular weight is 203 g/mol. The van der Waals surface area contributed by atoms with Crippen LogP contribution in [0.4, 0.5) is 0 Å². The second-order valence-electron chi connectivity index (χ2n) is 3.14. The first-order valence-electron chi connectivity index (χ1n) is 4.27. The van der Waals surface area contributed by atoms with Crippen molar-refractivity contribution in [3.05, 3.63) is 0 Å². The number of hydrogen-bond donors (Lipinski definition) is 2. The van der Waals surface area contributed by atoms with Gasteiger partial charge in [0.05, 0.1) is 6.54 Å². The molecule has 6 heteroatoms. The molecule has 0 aromatic rings. The maximum absolute atomic E-state index is 11.4. The van der Waals surface area contributed by atoms with Gasteiger partial charge < -0.3 is 20.6 Å². The minimum absolute atomic E-state index is 0.00292. The van der Waals surface area contributed by atoms with Gasteiger partial charge in [0, 0.05) is 13.2 Å². The fourth-order valence-corrected chi connectivity index (χ4v) is 0.971. The van der Waals surface area contributed by atoms with Crippen molar-refractivity contribution >= 4 is 11.7 Å². The van der Waals surface area contributed by atoms with Gasteiger partial charge >= 0.3 is 0 Å². The third kappa shape index (κ3) is 4.08. The molecule has 0 aromatic heterocycles. The topological polar surface area (TPSA) is 88.2 Å². The maximum Gasteiger partial charge on any atom is 0.249 e. The Balaban J connectivity index is 4.36. The number of hydrogen-bond acceptors (Lipinski definition) is 4. The van der Waals surface area contributed by atoms with Crippen molar-refractivity contribution in [2.75, 3.05) is 20.3 Å². The molecule has 6 nitrogen and oxygen atoms in total. The number of rotatable bonds is 5. The summed E-state index contributed by atoms with van der Waals surface area (Å²) in [5, 5.41) is 11.2. The zero-order chi connectivity index (χ0) is 11.1. The molecule has 82 valence electrons. The number of nitrogens with two attached hydrogens (primary N) is 1. The highest BCUT2D eigenvalue weighted by Gasteiger charge is 2.17. The lowest BCUT2D eigenvalue weighted by atomic mass is 10.3. The summed E-state index contributed by atoms with van der Waals surface area (Å²) in [6.45, 7) is 3.80. The molecule has 1 amide bonds. The van der Waals surface area contributed by atoms with Crippen LogP contribution in [0.15, 0.2) is 5.16 Å². The Kier molecular flexibility index (Phi) is 5.62. The van der Waals surface area contributed by atoms with E-state index in [4.69, 9.17) is 15.7 Å². The summed E-state index contributed by atoms with van der Waals surface area (Å²) in [6.07, 6.45) is 0. The standard InChI is InChI=1S/C8H17N3O3/c1-6(2)11(4-7(9)10-13)8(12)5-14-3/h6,13H,4-5H2,1-3H3,(H2,9,10). The van der Waals surface area contributed by atoms with Gasteiger partial charge in [-0.05, 0) is 13.8 Å². The summed E-state index contributed by atoms with van der Waals surface area (Å²) in [5.74, 6) is -0.183. The van der Waals surface area contributed by atoms with E-state index in [9.17, 15) is 4.79 Å². The molecule has 0 fully saturated rings. The van der Waals surface area contributed by atoms with Crippen molar-refractivity contribution in [1.29, 1.82) is 0 Å². The van der Waals surface area contributed by atoms with Gasteiger partial charge in [-0.25, -0.2) is 0 Å². The zero-order valence-electron chi connectivity index (χ0n) is 8.73. The fourth-order valence-electron chi connectivity index (χ4n) is 0.971. The van der Waals surface area contributed by atoms with Gasteiger partial charge in [-0.15, -0.1) is 0 Å². The van der Waals surface area contributed by atoms with Gasteiger partial charge in [0.2, 0.25) is 5.91 Å². The molecule has 0 spiro atoms. The van der Waals surface area contributed by atoms with Gasteiger partial charge in [0.25, 0.3) is 0 Å². The SMILES string of the molecule is COCC(=O)N(CC(N)=NO)C(C)C. The molecule has 0 atom stereocenters. The highest BCUT2D eigenvalue weighted by molar-refractivity contribution is 5.87. The molecule has 3 N–H and O–H groups in total. The Morgan fingerprint density at radius 3 is 2.57 bits per heavy atom. The molecule has 0 aliphatic carbocycles. The van der Waals surface area contributed by atoms with Crippen molar-refractivity contribution in [2.45, 2.75) is 19.9 Å².